The first-order valence-corrected chi connectivity index (χ1v) is 9.97. The van der Waals surface area contributed by atoms with Gasteiger partial charge in [0, 0.05) is 6.54 Å². The zero-order chi connectivity index (χ0) is 18.5. The van der Waals surface area contributed by atoms with Crippen LogP contribution in [-0.4, -0.2) is 24.5 Å². The number of nitrogens with zero attached hydrogens (tertiary/aromatic N) is 1. The quantitative estimate of drug-likeness (QED) is 0.674. The predicted octanol–water partition coefficient (Wildman–Crippen LogP) is 4.65. The van der Waals surface area contributed by atoms with Gasteiger partial charge in [-0.05, 0) is 48.5 Å². The van der Waals surface area contributed by atoms with Crippen molar-refractivity contribution in [2.45, 2.75) is 18.4 Å². The Morgan fingerprint density at radius 1 is 0.741 bits per heavy atom. The smallest absolute Gasteiger partial charge is 0.0973 e. The standard InChI is InChI=1S/C25H28N2/c26-19-21-11-10-18-27(20-21)25(22-12-4-1-5-13-22,23-14-6-2-7-15-23)24-16-8-3-9-17-24/h1-9,12-17,21H,10-11,18-20,26H2/t21-/m1/s1. The SMILES string of the molecule is NC[C@H]1CCCN(C(c2ccccc2)(c2ccccc2)c2ccccc2)C1. The molecule has 1 aliphatic rings. The summed E-state index contributed by atoms with van der Waals surface area (Å²) in [6.45, 7) is 2.86. The summed E-state index contributed by atoms with van der Waals surface area (Å²) in [7, 11) is 0. The third-order valence-corrected chi connectivity index (χ3v) is 5.90. The van der Waals surface area contributed by atoms with Crippen LogP contribution in [0.25, 0.3) is 0 Å². The lowest BCUT2D eigenvalue weighted by Crippen LogP contribution is -2.53. The molecule has 1 atom stereocenters. The van der Waals surface area contributed by atoms with Crippen LogP contribution in [0.3, 0.4) is 0 Å². The average Bonchev–Trinajstić information content (AvgIpc) is 2.77. The molecule has 2 heteroatoms. The second-order valence-electron chi connectivity index (χ2n) is 7.50. The van der Waals surface area contributed by atoms with Gasteiger partial charge in [0.15, 0.2) is 0 Å². The zero-order valence-electron chi connectivity index (χ0n) is 15.8. The number of rotatable bonds is 5. The molecule has 138 valence electrons. The molecule has 0 aliphatic carbocycles. The van der Waals surface area contributed by atoms with Crippen LogP contribution in [0.5, 0.6) is 0 Å². The minimum absolute atomic E-state index is 0.294. The van der Waals surface area contributed by atoms with Crippen LogP contribution in [-0.2, 0) is 5.54 Å². The molecular weight excluding hydrogens is 328 g/mol. The summed E-state index contributed by atoms with van der Waals surface area (Å²) in [5, 5.41) is 0. The van der Waals surface area contributed by atoms with Crippen LogP contribution in [0, 0.1) is 5.92 Å². The van der Waals surface area contributed by atoms with Gasteiger partial charge in [-0.25, -0.2) is 0 Å². The molecule has 4 rings (SSSR count). The van der Waals surface area contributed by atoms with E-state index < -0.39 is 0 Å². The van der Waals surface area contributed by atoms with E-state index in [4.69, 9.17) is 5.73 Å². The van der Waals surface area contributed by atoms with Crippen molar-refractivity contribution in [3.63, 3.8) is 0 Å². The number of likely N-dealkylation sites (tertiary alicyclic amines) is 1. The highest BCUT2D eigenvalue weighted by Crippen LogP contribution is 2.44. The van der Waals surface area contributed by atoms with Gasteiger partial charge in [-0.15, -0.1) is 0 Å². The van der Waals surface area contributed by atoms with Gasteiger partial charge in [0.05, 0.1) is 5.54 Å². The molecule has 2 N–H and O–H groups in total. The molecule has 0 saturated carbocycles. The molecule has 0 bridgehead atoms. The Labute approximate surface area is 162 Å². The first kappa shape index (κ1) is 18.0. The molecule has 3 aromatic carbocycles. The first-order chi connectivity index (χ1) is 13.4. The Kier molecular flexibility index (Phi) is 5.38. The molecule has 0 spiro atoms. The lowest BCUT2D eigenvalue weighted by atomic mass is 9.74. The molecular formula is C25H28N2. The number of nitrogens with two attached hydrogens (primary N) is 1. The highest BCUT2D eigenvalue weighted by molar-refractivity contribution is 5.49. The Morgan fingerprint density at radius 3 is 1.59 bits per heavy atom. The van der Waals surface area contributed by atoms with Gasteiger partial charge in [-0.3, -0.25) is 4.90 Å². The average molecular weight is 357 g/mol. The number of hydrogen-bond donors (Lipinski definition) is 1. The second-order valence-corrected chi connectivity index (χ2v) is 7.50. The third-order valence-electron chi connectivity index (χ3n) is 5.90. The summed E-state index contributed by atoms with van der Waals surface area (Å²) >= 11 is 0. The maximum absolute atomic E-state index is 6.10. The normalized spacial score (nSPS) is 18.3. The van der Waals surface area contributed by atoms with E-state index in [1.165, 1.54) is 29.5 Å². The van der Waals surface area contributed by atoms with E-state index in [0.717, 1.165) is 19.6 Å². The summed E-state index contributed by atoms with van der Waals surface area (Å²) in [5.74, 6) is 0.550. The highest BCUT2D eigenvalue weighted by atomic mass is 15.2. The zero-order valence-corrected chi connectivity index (χ0v) is 15.8. The first-order valence-electron chi connectivity index (χ1n) is 9.97. The molecule has 0 unspecified atom stereocenters. The Balaban J connectivity index is 1.98. The van der Waals surface area contributed by atoms with Crippen molar-refractivity contribution < 1.29 is 0 Å². The van der Waals surface area contributed by atoms with E-state index in [1.807, 2.05) is 0 Å². The minimum Gasteiger partial charge on any atom is -0.330 e. The Morgan fingerprint density at radius 2 is 1.19 bits per heavy atom. The van der Waals surface area contributed by atoms with Crippen molar-refractivity contribution in [3.8, 4) is 0 Å². The molecule has 1 fully saturated rings. The minimum atomic E-state index is -0.294. The van der Waals surface area contributed by atoms with Crippen molar-refractivity contribution in [3.05, 3.63) is 108 Å². The maximum Gasteiger partial charge on any atom is 0.0973 e. The summed E-state index contributed by atoms with van der Waals surface area (Å²) < 4.78 is 0. The summed E-state index contributed by atoms with van der Waals surface area (Å²) in [4.78, 5) is 2.66. The van der Waals surface area contributed by atoms with Gasteiger partial charge in [-0.1, -0.05) is 91.0 Å². The van der Waals surface area contributed by atoms with Crippen LogP contribution in [0.2, 0.25) is 0 Å². The van der Waals surface area contributed by atoms with E-state index in [9.17, 15) is 0 Å². The van der Waals surface area contributed by atoms with Crippen molar-refractivity contribution in [2.75, 3.05) is 19.6 Å². The van der Waals surface area contributed by atoms with Crippen LogP contribution < -0.4 is 5.73 Å². The van der Waals surface area contributed by atoms with Crippen LogP contribution >= 0.6 is 0 Å². The van der Waals surface area contributed by atoms with Gasteiger partial charge in [-0.2, -0.15) is 0 Å². The lowest BCUT2D eigenvalue weighted by Gasteiger charge is -2.49. The van der Waals surface area contributed by atoms with Crippen LogP contribution in [0.15, 0.2) is 91.0 Å². The fourth-order valence-electron chi connectivity index (χ4n) is 4.65. The van der Waals surface area contributed by atoms with E-state index in [0.29, 0.717) is 5.92 Å². The van der Waals surface area contributed by atoms with Crippen LogP contribution in [0.1, 0.15) is 29.5 Å². The molecule has 2 nitrogen and oxygen atoms in total. The number of hydrogen-bond acceptors (Lipinski definition) is 2. The topological polar surface area (TPSA) is 29.3 Å². The molecule has 1 saturated heterocycles. The van der Waals surface area contributed by atoms with Crippen molar-refractivity contribution in [1.29, 1.82) is 0 Å². The van der Waals surface area contributed by atoms with Gasteiger partial charge in [0.2, 0.25) is 0 Å². The largest absolute Gasteiger partial charge is 0.330 e. The van der Waals surface area contributed by atoms with Gasteiger partial charge >= 0.3 is 0 Å². The van der Waals surface area contributed by atoms with E-state index in [2.05, 4.69) is 95.9 Å². The predicted molar refractivity (Wildman–Crippen MR) is 113 cm³/mol. The second kappa shape index (κ2) is 8.08. The van der Waals surface area contributed by atoms with Gasteiger partial charge in [0.25, 0.3) is 0 Å². The van der Waals surface area contributed by atoms with E-state index in [-0.39, 0.29) is 5.54 Å². The number of piperidine rings is 1. The Bertz CT molecular complexity index is 733. The van der Waals surface area contributed by atoms with Gasteiger partial charge < -0.3 is 5.73 Å². The van der Waals surface area contributed by atoms with E-state index in [1.54, 1.807) is 0 Å². The fourth-order valence-corrected chi connectivity index (χ4v) is 4.65. The highest BCUT2D eigenvalue weighted by Gasteiger charge is 2.43. The lowest BCUT2D eigenvalue weighted by molar-refractivity contribution is 0.0954. The van der Waals surface area contributed by atoms with E-state index >= 15 is 0 Å². The molecule has 3 aromatic rings. The summed E-state index contributed by atoms with van der Waals surface area (Å²) in [5.41, 5.74) is 9.76. The maximum atomic E-state index is 6.10. The van der Waals surface area contributed by atoms with Crippen molar-refractivity contribution in [2.24, 2.45) is 11.7 Å². The third kappa shape index (κ3) is 3.31. The molecule has 1 aliphatic heterocycles. The molecule has 0 amide bonds. The summed E-state index contributed by atoms with van der Waals surface area (Å²) in [6.07, 6.45) is 2.41. The Hall–Kier alpha value is -2.42. The van der Waals surface area contributed by atoms with Crippen molar-refractivity contribution >= 4 is 0 Å². The van der Waals surface area contributed by atoms with Crippen molar-refractivity contribution in [1.82, 2.24) is 4.90 Å². The fraction of sp³-hybridized carbons (Fsp3) is 0.280. The molecule has 27 heavy (non-hydrogen) atoms. The molecule has 0 aromatic heterocycles. The monoisotopic (exact) mass is 356 g/mol. The van der Waals surface area contributed by atoms with Gasteiger partial charge in [0.1, 0.15) is 0 Å². The molecule has 1 heterocycles. The molecule has 0 radical (unpaired) electrons. The summed E-state index contributed by atoms with van der Waals surface area (Å²) in [6, 6.07) is 32.8. The van der Waals surface area contributed by atoms with Crippen LogP contribution in [0.4, 0.5) is 0 Å². The number of benzene rings is 3.